The number of allylic oxidation sites excluding steroid dienone is 2. The molecule has 2 N–H and O–H groups in total. The third-order valence-corrected chi connectivity index (χ3v) is 14.7. The second kappa shape index (κ2) is 20.3. The summed E-state index contributed by atoms with van der Waals surface area (Å²) < 4.78 is 70.0. The van der Waals surface area contributed by atoms with Gasteiger partial charge >= 0.3 is 5.97 Å². The summed E-state index contributed by atoms with van der Waals surface area (Å²) >= 11 is 0. The lowest BCUT2D eigenvalue weighted by atomic mass is 9.70. The fourth-order valence-corrected chi connectivity index (χ4v) is 10.9. The van der Waals surface area contributed by atoms with Crippen LogP contribution in [0.3, 0.4) is 0 Å². The first-order valence-electron chi connectivity index (χ1n) is 23.2. The van der Waals surface area contributed by atoms with E-state index in [0.717, 1.165) is 17.6 Å². The average molecular weight is 887 g/mol. The first-order valence-corrected chi connectivity index (χ1v) is 23.2. The zero-order valence-electron chi connectivity index (χ0n) is 39.2. The maximum Gasteiger partial charge on any atom is 0.316 e. The summed E-state index contributed by atoms with van der Waals surface area (Å²) in [5.74, 6) is -2.35. The molecule has 0 saturated carbocycles. The van der Waals surface area contributed by atoms with Crippen LogP contribution in [0.2, 0.25) is 0 Å². The molecule has 0 unspecified atom stereocenters. The molecule has 4 saturated heterocycles. The van der Waals surface area contributed by atoms with Crippen molar-refractivity contribution in [2.45, 2.75) is 191 Å². The first-order chi connectivity index (χ1) is 30.0. The minimum Gasteiger partial charge on any atom is -0.462 e. The van der Waals surface area contributed by atoms with E-state index >= 15 is 0 Å². The lowest BCUT2D eigenvalue weighted by molar-refractivity contribution is -0.318. The third-order valence-electron chi connectivity index (χ3n) is 14.7. The Morgan fingerprint density at radius 1 is 0.857 bits per heavy atom. The molecule has 6 aliphatic heterocycles. The molecular formula is C49H74O14. The van der Waals surface area contributed by atoms with Crippen molar-refractivity contribution in [3.63, 3.8) is 0 Å². The second-order valence-electron chi connectivity index (χ2n) is 19.2. The Hall–Kier alpha value is -2.31. The molecule has 20 atom stereocenters. The van der Waals surface area contributed by atoms with Crippen LogP contribution >= 0.6 is 0 Å². The number of hydrogen-bond acceptors (Lipinski definition) is 14. The van der Waals surface area contributed by atoms with Crippen LogP contribution in [0.4, 0.5) is 0 Å². The number of esters is 1. The predicted octanol–water partition coefficient (Wildman–Crippen LogP) is 6.03. The van der Waals surface area contributed by atoms with Gasteiger partial charge in [0.15, 0.2) is 18.4 Å². The molecule has 0 aromatic heterocycles. The van der Waals surface area contributed by atoms with Crippen LogP contribution in [-0.4, -0.2) is 141 Å². The molecule has 354 valence electrons. The van der Waals surface area contributed by atoms with Crippen molar-refractivity contribution in [3.05, 3.63) is 59.3 Å². The monoisotopic (exact) mass is 887 g/mol. The molecule has 0 amide bonds. The summed E-state index contributed by atoms with van der Waals surface area (Å²) in [4.78, 5) is 14.5. The Morgan fingerprint density at radius 3 is 2.29 bits per heavy atom. The summed E-state index contributed by atoms with van der Waals surface area (Å²) in [6.07, 6.45) is 9.95. The highest BCUT2D eigenvalue weighted by atomic mass is 16.7. The number of aliphatic hydroxyl groups excluding tert-OH is 1. The summed E-state index contributed by atoms with van der Waals surface area (Å²) in [5.41, 5.74) is 0.626. The number of carbonyl (C=O) groups is 1. The second-order valence-corrected chi connectivity index (χ2v) is 19.2. The van der Waals surface area contributed by atoms with Gasteiger partial charge in [0.1, 0.15) is 42.0 Å². The quantitative estimate of drug-likeness (QED) is 0.204. The van der Waals surface area contributed by atoms with Gasteiger partial charge in [0, 0.05) is 58.8 Å². The molecule has 1 aliphatic carbocycles. The van der Waals surface area contributed by atoms with Crippen LogP contribution in [0, 0.1) is 23.7 Å². The lowest BCUT2D eigenvalue weighted by Gasteiger charge is -2.48. The van der Waals surface area contributed by atoms with Crippen molar-refractivity contribution in [3.8, 4) is 0 Å². The minimum atomic E-state index is -1.71. The van der Waals surface area contributed by atoms with E-state index in [-0.39, 0.29) is 42.7 Å². The molecule has 7 aliphatic rings. The highest BCUT2D eigenvalue weighted by Crippen LogP contribution is 2.48. The van der Waals surface area contributed by atoms with E-state index in [4.69, 9.17) is 52.1 Å². The smallest absolute Gasteiger partial charge is 0.316 e. The molecule has 63 heavy (non-hydrogen) atoms. The highest BCUT2D eigenvalue weighted by molar-refractivity contribution is 5.78. The predicted molar refractivity (Wildman–Crippen MR) is 232 cm³/mol. The van der Waals surface area contributed by atoms with Crippen LogP contribution in [-0.2, 0) is 56.9 Å². The van der Waals surface area contributed by atoms with Crippen LogP contribution < -0.4 is 0 Å². The topological polar surface area (TPSA) is 159 Å². The van der Waals surface area contributed by atoms with Crippen molar-refractivity contribution in [1.29, 1.82) is 0 Å². The maximum absolute atomic E-state index is 14.5. The number of ether oxygens (including phenoxy) is 11. The van der Waals surface area contributed by atoms with Gasteiger partial charge in [-0.05, 0) is 62.8 Å². The number of methoxy groups -OCH3 is 3. The highest BCUT2D eigenvalue weighted by Gasteiger charge is 2.60. The summed E-state index contributed by atoms with van der Waals surface area (Å²) in [5, 5.41) is 23.2. The number of carbonyl (C=O) groups excluding carboxylic acids is 1. The SMILES string of the molecule is CC[C@H](C)[C@H]1O[C@]2(C=C[C@@H]1C)C[C@@H]1C[C@@H](C/C=C(\C)[C@@H](O[C@H]3C[C@H](OC)[C@@H](O[C@@H]4C[C@H](OC)[C@@H](O)[C@H](C)O4)[C@H](C)O3)[C@@H](C)/C=C/C=C3\CO[C@@H]4[C@H](OC)C(C)=C[C@@H](C(=O)O1)[C@]34O)O2. The molecule has 14 nitrogen and oxygen atoms in total. The Bertz CT molecular complexity index is 1740. The van der Waals surface area contributed by atoms with Crippen molar-refractivity contribution >= 4 is 5.97 Å². The molecule has 0 radical (unpaired) electrons. The van der Waals surface area contributed by atoms with E-state index in [1.54, 1.807) is 34.3 Å². The molecule has 0 aromatic carbocycles. The Labute approximate surface area is 374 Å². The lowest BCUT2D eigenvalue weighted by Crippen LogP contribution is -2.58. The van der Waals surface area contributed by atoms with Gasteiger partial charge in [-0.2, -0.15) is 0 Å². The van der Waals surface area contributed by atoms with Gasteiger partial charge in [-0.15, -0.1) is 0 Å². The molecule has 6 heterocycles. The molecular weight excluding hydrogens is 813 g/mol. The normalized spacial score (nSPS) is 48.6. The summed E-state index contributed by atoms with van der Waals surface area (Å²) in [7, 11) is 4.82. The first kappa shape index (κ1) is 48.6. The van der Waals surface area contributed by atoms with Crippen LogP contribution in [0.5, 0.6) is 0 Å². The van der Waals surface area contributed by atoms with Gasteiger partial charge < -0.3 is 62.3 Å². The zero-order valence-corrected chi connectivity index (χ0v) is 39.2. The Balaban J connectivity index is 1.19. The average Bonchev–Trinajstić information content (AvgIpc) is 3.59. The van der Waals surface area contributed by atoms with E-state index in [1.165, 1.54) is 0 Å². The largest absolute Gasteiger partial charge is 0.462 e. The Kier molecular flexibility index (Phi) is 15.7. The molecule has 1 spiro atoms. The number of aliphatic hydroxyl groups is 2. The van der Waals surface area contributed by atoms with Gasteiger partial charge in [0.05, 0.1) is 49.3 Å². The van der Waals surface area contributed by atoms with Crippen LogP contribution in [0.25, 0.3) is 0 Å². The summed E-state index contributed by atoms with van der Waals surface area (Å²) in [6.45, 7) is 16.4. The van der Waals surface area contributed by atoms with E-state index in [0.29, 0.717) is 37.7 Å². The van der Waals surface area contributed by atoms with Crippen molar-refractivity contribution in [2.75, 3.05) is 27.9 Å². The fraction of sp³-hybridized carbons (Fsp3) is 0.776. The van der Waals surface area contributed by atoms with Gasteiger partial charge in [-0.1, -0.05) is 70.6 Å². The van der Waals surface area contributed by atoms with Crippen molar-refractivity contribution in [1.82, 2.24) is 0 Å². The molecule has 0 aromatic rings. The van der Waals surface area contributed by atoms with Crippen LogP contribution in [0.15, 0.2) is 59.3 Å². The molecule has 4 fully saturated rings. The van der Waals surface area contributed by atoms with E-state index < -0.39 is 90.8 Å². The van der Waals surface area contributed by atoms with E-state index in [9.17, 15) is 15.0 Å². The van der Waals surface area contributed by atoms with Gasteiger partial charge in [0.25, 0.3) is 0 Å². The fourth-order valence-electron chi connectivity index (χ4n) is 10.9. The van der Waals surface area contributed by atoms with Gasteiger partial charge in [-0.25, -0.2) is 0 Å². The maximum atomic E-state index is 14.5. The molecule has 14 heteroatoms. The molecule has 2 bridgehead atoms. The molecule has 7 rings (SSSR count). The number of rotatable bonds is 9. The number of hydrogen-bond donors (Lipinski definition) is 2. The van der Waals surface area contributed by atoms with Crippen molar-refractivity contribution in [2.24, 2.45) is 23.7 Å². The standard InChI is InChI=1S/C49H74O14/c1-12-26(2)43-29(5)18-19-48(63-43)24-35-21-34(62-48)17-16-28(4)42(60-40-23-38(54-10)45(32(8)58-40)61-39-22-37(53-9)41(50)31(7)57-39)27(3)14-13-15-33-25-56-46-44(55-11)30(6)20-36(47(51)59-35)49(33,46)52/h13-16,18-20,26-27,29,31-32,34-46,50,52H,12,17,21-25H2,1-11H3/b14-13+,28-16+,33-15+/t26-,27-,29-,31-,32-,34+,35-,36-,37-,38-,39+,40-,41-,42-,43+,44+,45-,46+,48+,49+/m0/s1. The van der Waals surface area contributed by atoms with Crippen LogP contribution in [0.1, 0.15) is 93.9 Å². The van der Waals surface area contributed by atoms with Gasteiger partial charge in [0.2, 0.25) is 0 Å². The Morgan fingerprint density at radius 2 is 1.57 bits per heavy atom. The van der Waals surface area contributed by atoms with Gasteiger partial charge in [-0.3, -0.25) is 4.79 Å². The third kappa shape index (κ3) is 10.0. The van der Waals surface area contributed by atoms with E-state index in [2.05, 4.69) is 46.8 Å². The number of fused-ring (bicyclic) bond motifs is 2. The summed E-state index contributed by atoms with van der Waals surface area (Å²) in [6, 6.07) is 0. The van der Waals surface area contributed by atoms with Crippen molar-refractivity contribution < 1.29 is 67.1 Å². The zero-order chi connectivity index (χ0) is 45.4. The minimum absolute atomic E-state index is 0.0805. The van der Waals surface area contributed by atoms with E-state index in [1.807, 2.05) is 38.2 Å².